The van der Waals surface area contributed by atoms with Gasteiger partial charge in [-0.05, 0) is 107 Å². The Morgan fingerprint density at radius 3 is 1.59 bits per heavy atom. The molecule has 4 aromatic carbocycles. The molecule has 0 unspecified atom stereocenters. The summed E-state index contributed by atoms with van der Waals surface area (Å²) in [5, 5.41) is 5.01. The van der Waals surface area contributed by atoms with Gasteiger partial charge in [-0.2, -0.15) is 0 Å². The first-order chi connectivity index (χ1) is 27.0. The molecule has 3 N–H and O–H groups in total. The summed E-state index contributed by atoms with van der Waals surface area (Å²) >= 11 is 0. The Morgan fingerprint density at radius 1 is 0.661 bits per heavy atom. The molecule has 56 heavy (non-hydrogen) atoms. The number of likely N-dealkylation sites (tertiary alicyclic amines) is 2. The van der Waals surface area contributed by atoms with Crippen molar-refractivity contribution in [3.05, 3.63) is 84.4 Å². The Labute approximate surface area is 327 Å². The summed E-state index contributed by atoms with van der Waals surface area (Å²) in [6.07, 6.45) is 2.96. The molecule has 0 aliphatic carbocycles. The van der Waals surface area contributed by atoms with Crippen molar-refractivity contribution in [2.24, 2.45) is 17.8 Å². The number of aromatic nitrogens is 4. The van der Waals surface area contributed by atoms with Gasteiger partial charge in [0, 0.05) is 19.0 Å². The number of rotatable bonds is 9. The minimum absolute atomic E-state index is 0.0135. The highest BCUT2D eigenvalue weighted by atomic mass is 16.5. The zero-order valence-electron chi connectivity index (χ0n) is 33.1. The number of ether oxygens (including phenoxy) is 1. The van der Waals surface area contributed by atoms with Crippen molar-refractivity contribution in [3.8, 4) is 22.3 Å². The van der Waals surface area contributed by atoms with Crippen LogP contribution in [0.25, 0.3) is 55.1 Å². The number of aromatic amines is 2. The number of methoxy groups -OCH3 is 1. The summed E-state index contributed by atoms with van der Waals surface area (Å²) in [5.41, 5.74) is 8.04. The van der Waals surface area contributed by atoms with Gasteiger partial charge in [0.15, 0.2) is 0 Å². The van der Waals surface area contributed by atoms with E-state index >= 15 is 0 Å². The second kappa shape index (κ2) is 15.1. The molecule has 8 rings (SSSR count). The number of carbonyl (C=O) groups is 3. The van der Waals surface area contributed by atoms with Crippen molar-refractivity contribution < 1.29 is 19.1 Å². The number of hydrogen-bond acceptors (Lipinski definition) is 6. The van der Waals surface area contributed by atoms with Gasteiger partial charge in [0.1, 0.15) is 17.7 Å². The molecule has 4 atom stereocenters. The average Bonchev–Trinajstić information content (AvgIpc) is 4.03. The number of benzene rings is 4. The fourth-order valence-electron chi connectivity index (χ4n) is 8.39. The molecule has 11 heteroatoms. The summed E-state index contributed by atoms with van der Waals surface area (Å²) in [6, 6.07) is 24.8. The van der Waals surface area contributed by atoms with Gasteiger partial charge in [0.25, 0.3) is 0 Å². The molecule has 2 saturated heterocycles. The van der Waals surface area contributed by atoms with Gasteiger partial charge >= 0.3 is 6.09 Å². The minimum atomic E-state index is -0.679. The van der Waals surface area contributed by atoms with Gasteiger partial charge in [-0.3, -0.25) is 9.59 Å². The molecule has 0 spiro atoms. The van der Waals surface area contributed by atoms with Crippen molar-refractivity contribution in [2.75, 3.05) is 20.2 Å². The van der Waals surface area contributed by atoms with E-state index < -0.39 is 12.1 Å². The van der Waals surface area contributed by atoms with E-state index in [0.29, 0.717) is 12.5 Å². The Kier molecular flexibility index (Phi) is 10.0. The Bertz CT molecular complexity index is 2450. The van der Waals surface area contributed by atoms with E-state index in [1.165, 1.54) is 7.11 Å². The van der Waals surface area contributed by atoms with Gasteiger partial charge in [-0.25, -0.2) is 14.8 Å². The van der Waals surface area contributed by atoms with Gasteiger partial charge in [0.05, 0.1) is 41.3 Å². The number of hydrogen-bond donors (Lipinski definition) is 3. The molecular formula is C45H51N7O4. The molecule has 0 radical (unpaired) electrons. The molecular weight excluding hydrogens is 703 g/mol. The van der Waals surface area contributed by atoms with E-state index in [1.807, 2.05) is 36.6 Å². The van der Waals surface area contributed by atoms with E-state index in [1.54, 1.807) is 0 Å². The van der Waals surface area contributed by atoms with E-state index in [4.69, 9.17) is 14.7 Å². The highest BCUT2D eigenvalue weighted by Crippen LogP contribution is 2.37. The number of carbonyl (C=O) groups excluding carboxylic acids is 3. The van der Waals surface area contributed by atoms with E-state index in [2.05, 4.69) is 95.9 Å². The lowest BCUT2D eigenvalue weighted by Crippen LogP contribution is -2.51. The van der Waals surface area contributed by atoms with Crippen molar-refractivity contribution in [1.82, 2.24) is 35.1 Å². The van der Waals surface area contributed by atoms with Crippen LogP contribution in [0, 0.1) is 17.8 Å². The second-order valence-corrected chi connectivity index (χ2v) is 16.3. The normalized spacial score (nSPS) is 18.4. The van der Waals surface area contributed by atoms with E-state index in [9.17, 15) is 14.4 Å². The number of nitrogens with one attached hydrogen (secondary N) is 3. The van der Waals surface area contributed by atoms with Crippen LogP contribution < -0.4 is 5.32 Å². The predicted octanol–water partition coefficient (Wildman–Crippen LogP) is 8.93. The highest BCUT2D eigenvalue weighted by molar-refractivity contribution is 5.93. The van der Waals surface area contributed by atoms with Crippen LogP contribution in [0.4, 0.5) is 4.79 Å². The van der Waals surface area contributed by atoms with Crippen LogP contribution in [0.2, 0.25) is 0 Å². The predicted molar refractivity (Wildman–Crippen MR) is 220 cm³/mol. The molecule has 3 amide bonds. The molecule has 11 nitrogen and oxygen atoms in total. The maximum atomic E-state index is 13.6. The molecule has 2 fully saturated rings. The fraction of sp³-hybridized carbons (Fsp3) is 0.400. The third-order valence-corrected chi connectivity index (χ3v) is 12.0. The van der Waals surface area contributed by atoms with Crippen LogP contribution in [-0.4, -0.2) is 73.9 Å². The first kappa shape index (κ1) is 37.2. The van der Waals surface area contributed by atoms with Crippen LogP contribution in [-0.2, 0) is 14.3 Å². The summed E-state index contributed by atoms with van der Waals surface area (Å²) in [6.45, 7) is 11.5. The lowest BCUT2D eigenvalue weighted by molar-refractivity contribution is -0.137. The maximum Gasteiger partial charge on any atom is 0.407 e. The van der Waals surface area contributed by atoms with E-state index in [-0.39, 0.29) is 35.7 Å². The Morgan fingerprint density at radius 2 is 1.12 bits per heavy atom. The van der Waals surface area contributed by atoms with Crippen LogP contribution >= 0.6 is 0 Å². The summed E-state index contributed by atoms with van der Waals surface area (Å²) in [4.78, 5) is 59.7. The van der Waals surface area contributed by atoms with Crippen LogP contribution in [0.1, 0.15) is 84.0 Å². The highest BCUT2D eigenvalue weighted by Gasteiger charge is 2.38. The number of H-pyrrole nitrogens is 2. The number of amides is 3. The topological polar surface area (TPSA) is 136 Å². The molecule has 4 heterocycles. The van der Waals surface area contributed by atoms with Gasteiger partial charge in [0.2, 0.25) is 11.8 Å². The lowest BCUT2D eigenvalue weighted by atomic mass is 9.96. The fourth-order valence-corrected chi connectivity index (χ4v) is 8.39. The smallest absolute Gasteiger partial charge is 0.407 e. The summed E-state index contributed by atoms with van der Waals surface area (Å²) < 4.78 is 4.78. The molecule has 6 aromatic rings. The van der Waals surface area contributed by atoms with Gasteiger partial charge in [-0.1, -0.05) is 71.0 Å². The number of nitrogens with zero attached hydrogens (tertiary/aromatic N) is 4. The van der Waals surface area contributed by atoms with Crippen molar-refractivity contribution >= 4 is 50.7 Å². The van der Waals surface area contributed by atoms with Crippen LogP contribution in [0.3, 0.4) is 0 Å². The standard InChI is InChI=1S/C45H51N7O4/c1-25(2)27(5)43(53)51-19-7-9-38(51)41-46-34-17-15-32(23-36(34)48-41)30-13-11-29-22-31(14-12-28(29)21-30)33-16-18-35-37(24-33)49-42(47-35)39-10-8-20-52(39)44(54)40(26(3)4)50-45(55)56-6/h11-18,21-27,38-40H,7-10,19-20H2,1-6H3,(H,46,48)(H,47,49)(H,50,55)/t27-,38+,39+,40-/m1/s1. The SMILES string of the molecule is COC(=O)N[C@@H](C(=O)N1CCC[C@H]1c1nc2ccc(-c3ccc4cc(-c5ccc6nc([C@@H]7CCCN7C(=O)[C@H](C)C(C)C)[nH]c6c5)ccc4c3)cc2[nH]1)C(C)C. The quantitative estimate of drug-likeness (QED) is 0.135. The van der Waals surface area contributed by atoms with Crippen LogP contribution in [0.15, 0.2) is 72.8 Å². The lowest BCUT2D eigenvalue weighted by Gasteiger charge is -2.29. The molecule has 2 aliphatic heterocycles. The number of imidazole rings is 2. The van der Waals surface area contributed by atoms with E-state index in [0.717, 1.165) is 99.0 Å². The molecule has 0 bridgehead atoms. The monoisotopic (exact) mass is 753 g/mol. The zero-order valence-corrected chi connectivity index (χ0v) is 33.1. The molecule has 0 saturated carbocycles. The van der Waals surface area contributed by atoms with Crippen LogP contribution in [0.5, 0.6) is 0 Å². The average molecular weight is 754 g/mol. The number of fused-ring (bicyclic) bond motifs is 3. The van der Waals surface area contributed by atoms with Crippen molar-refractivity contribution in [3.63, 3.8) is 0 Å². The second-order valence-electron chi connectivity index (χ2n) is 16.3. The molecule has 2 aromatic heterocycles. The Hall–Kier alpha value is -5.71. The molecule has 2 aliphatic rings. The Balaban J connectivity index is 1.00. The van der Waals surface area contributed by atoms with Crippen molar-refractivity contribution in [2.45, 2.75) is 78.4 Å². The maximum absolute atomic E-state index is 13.6. The van der Waals surface area contributed by atoms with Crippen molar-refractivity contribution in [1.29, 1.82) is 0 Å². The first-order valence-corrected chi connectivity index (χ1v) is 20.0. The largest absolute Gasteiger partial charge is 0.453 e. The zero-order chi connectivity index (χ0) is 39.2. The van der Waals surface area contributed by atoms with Gasteiger partial charge < -0.3 is 29.8 Å². The third kappa shape index (κ3) is 6.99. The third-order valence-electron chi connectivity index (χ3n) is 12.0. The van der Waals surface area contributed by atoms with Gasteiger partial charge in [-0.15, -0.1) is 0 Å². The summed E-state index contributed by atoms with van der Waals surface area (Å²) in [7, 11) is 1.30. The molecule has 290 valence electrons. The first-order valence-electron chi connectivity index (χ1n) is 20.0. The summed E-state index contributed by atoms with van der Waals surface area (Å²) in [5.74, 6) is 1.91. The minimum Gasteiger partial charge on any atom is -0.453 e. The number of alkyl carbamates (subject to hydrolysis) is 1.